The second kappa shape index (κ2) is 7.25. The largest absolute Gasteiger partial charge is 0.493 e. The van der Waals surface area contributed by atoms with Gasteiger partial charge in [-0.05, 0) is 35.4 Å². The van der Waals surface area contributed by atoms with Crippen molar-refractivity contribution in [1.29, 1.82) is 0 Å². The van der Waals surface area contributed by atoms with Gasteiger partial charge < -0.3 is 28.4 Å². The van der Waals surface area contributed by atoms with E-state index in [-0.39, 0.29) is 6.79 Å². The van der Waals surface area contributed by atoms with Gasteiger partial charge in [0.05, 0.1) is 28.4 Å². The minimum Gasteiger partial charge on any atom is -0.493 e. The van der Waals surface area contributed by atoms with E-state index >= 15 is 0 Å². The van der Waals surface area contributed by atoms with E-state index in [4.69, 9.17) is 28.4 Å². The highest BCUT2D eigenvalue weighted by Crippen LogP contribution is 2.42. The second-order valence-corrected chi connectivity index (χ2v) is 5.25. The van der Waals surface area contributed by atoms with E-state index in [9.17, 15) is 0 Å². The van der Waals surface area contributed by atoms with Crippen LogP contribution in [0.3, 0.4) is 0 Å². The fraction of sp³-hybridized carbons (Fsp3) is 0.263. The van der Waals surface area contributed by atoms with Crippen LogP contribution in [0.25, 0.3) is 12.2 Å². The molecule has 6 heteroatoms. The van der Waals surface area contributed by atoms with E-state index in [2.05, 4.69) is 0 Å². The number of methoxy groups -OCH3 is 4. The molecule has 0 N–H and O–H groups in total. The zero-order chi connectivity index (χ0) is 17.8. The van der Waals surface area contributed by atoms with Crippen molar-refractivity contribution in [1.82, 2.24) is 0 Å². The molecule has 0 bridgehead atoms. The molecule has 0 radical (unpaired) electrons. The van der Waals surface area contributed by atoms with E-state index < -0.39 is 0 Å². The average Bonchev–Trinajstić information content (AvgIpc) is 3.13. The Morgan fingerprint density at radius 3 is 1.84 bits per heavy atom. The summed E-state index contributed by atoms with van der Waals surface area (Å²) in [6.45, 7) is 0.200. The monoisotopic (exact) mass is 344 g/mol. The Balaban J connectivity index is 1.95. The van der Waals surface area contributed by atoms with Crippen molar-refractivity contribution in [3.8, 4) is 34.5 Å². The van der Waals surface area contributed by atoms with Gasteiger partial charge in [-0.15, -0.1) is 0 Å². The first-order chi connectivity index (χ1) is 12.2. The van der Waals surface area contributed by atoms with Crippen LogP contribution in [-0.4, -0.2) is 35.2 Å². The second-order valence-electron chi connectivity index (χ2n) is 5.25. The van der Waals surface area contributed by atoms with Crippen molar-refractivity contribution in [2.24, 2.45) is 0 Å². The SMILES string of the molecule is COc1cc(/C=C\c2cc(OC)c3c(c2)OCO3)cc(OC)c1OC. The maximum atomic E-state index is 5.44. The van der Waals surface area contributed by atoms with Crippen LogP contribution in [0.5, 0.6) is 34.5 Å². The molecule has 25 heavy (non-hydrogen) atoms. The van der Waals surface area contributed by atoms with Crippen LogP contribution >= 0.6 is 0 Å². The van der Waals surface area contributed by atoms with Gasteiger partial charge in [0.1, 0.15) is 0 Å². The molecule has 0 amide bonds. The van der Waals surface area contributed by atoms with Crippen LogP contribution < -0.4 is 28.4 Å². The van der Waals surface area contributed by atoms with Crippen molar-refractivity contribution in [3.05, 3.63) is 35.4 Å². The van der Waals surface area contributed by atoms with Crippen LogP contribution in [0.2, 0.25) is 0 Å². The topological polar surface area (TPSA) is 55.4 Å². The Kier molecular flexibility index (Phi) is 4.88. The lowest BCUT2D eigenvalue weighted by atomic mass is 10.1. The van der Waals surface area contributed by atoms with Crippen molar-refractivity contribution in [2.75, 3.05) is 35.2 Å². The predicted octanol–water partition coefficient (Wildman–Crippen LogP) is 3.62. The molecule has 3 rings (SSSR count). The number of hydrogen-bond acceptors (Lipinski definition) is 6. The lowest BCUT2D eigenvalue weighted by molar-refractivity contribution is 0.171. The molecule has 0 aromatic heterocycles. The van der Waals surface area contributed by atoms with Gasteiger partial charge in [-0.1, -0.05) is 12.2 Å². The van der Waals surface area contributed by atoms with Gasteiger partial charge in [0.15, 0.2) is 23.0 Å². The van der Waals surface area contributed by atoms with Crippen molar-refractivity contribution in [2.45, 2.75) is 0 Å². The molecule has 1 heterocycles. The first-order valence-electron chi connectivity index (χ1n) is 7.66. The summed E-state index contributed by atoms with van der Waals surface area (Å²) in [6, 6.07) is 7.55. The molecule has 0 fully saturated rings. The van der Waals surface area contributed by atoms with Crippen LogP contribution in [-0.2, 0) is 0 Å². The van der Waals surface area contributed by atoms with Crippen LogP contribution in [0.1, 0.15) is 11.1 Å². The molecule has 2 aromatic carbocycles. The summed E-state index contributed by atoms with van der Waals surface area (Å²) in [4.78, 5) is 0. The molecule has 2 aromatic rings. The number of rotatable bonds is 6. The van der Waals surface area contributed by atoms with Crippen LogP contribution in [0, 0.1) is 0 Å². The Bertz CT molecular complexity index is 772. The fourth-order valence-electron chi connectivity index (χ4n) is 2.64. The molecule has 0 saturated carbocycles. The van der Waals surface area contributed by atoms with E-state index in [1.165, 1.54) is 0 Å². The van der Waals surface area contributed by atoms with Gasteiger partial charge in [0, 0.05) is 0 Å². The van der Waals surface area contributed by atoms with E-state index in [0.717, 1.165) is 11.1 Å². The maximum absolute atomic E-state index is 5.44. The van der Waals surface area contributed by atoms with Gasteiger partial charge in [-0.2, -0.15) is 0 Å². The molecule has 132 valence electrons. The Morgan fingerprint density at radius 2 is 1.28 bits per heavy atom. The maximum Gasteiger partial charge on any atom is 0.231 e. The summed E-state index contributed by atoms with van der Waals surface area (Å²) in [7, 11) is 6.36. The molecule has 0 aliphatic carbocycles. The number of ether oxygens (including phenoxy) is 6. The van der Waals surface area contributed by atoms with Crippen molar-refractivity contribution < 1.29 is 28.4 Å². The molecule has 0 atom stereocenters. The highest BCUT2D eigenvalue weighted by Gasteiger charge is 2.19. The third-order valence-corrected chi connectivity index (χ3v) is 3.84. The lowest BCUT2D eigenvalue weighted by Crippen LogP contribution is -1.95. The normalized spacial score (nSPS) is 12.3. The van der Waals surface area contributed by atoms with Gasteiger partial charge in [-0.3, -0.25) is 0 Å². The molecule has 1 aliphatic heterocycles. The van der Waals surface area contributed by atoms with E-state index in [0.29, 0.717) is 34.5 Å². The summed E-state index contributed by atoms with van der Waals surface area (Å²) >= 11 is 0. The van der Waals surface area contributed by atoms with Gasteiger partial charge in [0.25, 0.3) is 0 Å². The molecular formula is C19H20O6. The van der Waals surface area contributed by atoms with Gasteiger partial charge in [0.2, 0.25) is 18.3 Å². The summed E-state index contributed by atoms with van der Waals surface area (Å²) in [5, 5.41) is 0. The van der Waals surface area contributed by atoms with Crippen molar-refractivity contribution in [3.63, 3.8) is 0 Å². The number of benzene rings is 2. The first kappa shape index (κ1) is 16.8. The Morgan fingerprint density at radius 1 is 0.720 bits per heavy atom. The molecular weight excluding hydrogens is 324 g/mol. The molecule has 6 nitrogen and oxygen atoms in total. The van der Waals surface area contributed by atoms with Crippen LogP contribution in [0.15, 0.2) is 24.3 Å². The summed E-state index contributed by atoms with van der Waals surface area (Å²) < 4.78 is 32.3. The molecule has 1 aliphatic rings. The third kappa shape index (κ3) is 3.28. The molecule has 0 spiro atoms. The standard InChI is InChI=1S/C19H20O6/c1-20-14-7-12(8-15(21-2)18(14)23-4)5-6-13-9-16(22-3)19-17(10-13)24-11-25-19/h5-10H,11H2,1-4H3/b6-5-. The molecule has 0 saturated heterocycles. The highest BCUT2D eigenvalue weighted by atomic mass is 16.7. The minimum absolute atomic E-state index is 0.200. The van der Waals surface area contributed by atoms with Crippen LogP contribution in [0.4, 0.5) is 0 Å². The summed E-state index contributed by atoms with van der Waals surface area (Å²) in [5.74, 6) is 3.71. The minimum atomic E-state index is 0.200. The lowest BCUT2D eigenvalue weighted by Gasteiger charge is -2.12. The van der Waals surface area contributed by atoms with Gasteiger partial charge >= 0.3 is 0 Å². The summed E-state index contributed by atoms with van der Waals surface area (Å²) in [5.41, 5.74) is 1.83. The van der Waals surface area contributed by atoms with E-state index in [1.54, 1.807) is 28.4 Å². The highest BCUT2D eigenvalue weighted by molar-refractivity contribution is 5.75. The zero-order valence-electron chi connectivity index (χ0n) is 14.6. The van der Waals surface area contributed by atoms with E-state index in [1.807, 2.05) is 36.4 Å². The number of hydrogen-bond donors (Lipinski definition) is 0. The van der Waals surface area contributed by atoms with Crippen molar-refractivity contribution >= 4 is 12.2 Å². The average molecular weight is 344 g/mol. The fourth-order valence-corrected chi connectivity index (χ4v) is 2.64. The third-order valence-electron chi connectivity index (χ3n) is 3.84. The number of fused-ring (bicyclic) bond motifs is 1. The smallest absolute Gasteiger partial charge is 0.231 e. The first-order valence-corrected chi connectivity index (χ1v) is 7.66. The quantitative estimate of drug-likeness (QED) is 0.746. The Hall–Kier alpha value is -3.02. The molecule has 0 unspecified atom stereocenters. The van der Waals surface area contributed by atoms with Gasteiger partial charge in [-0.25, -0.2) is 0 Å². The zero-order valence-corrected chi connectivity index (χ0v) is 14.6. The Labute approximate surface area is 146 Å². The predicted molar refractivity (Wildman–Crippen MR) is 94.1 cm³/mol. The summed E-state index contributed by atoms with van der Waals surface area (Å²) in [6.07, 6.45) is 3.90.